The minimum atomic E-state index is -2.67. The summed E-state index contributed by atoms with van der Waals surface area (Å²) < 4.78 is 16.3. The number of rotatable bonds is 6. The summed E-state index contributed by atoms with van der Waals surface area (Å²) in [6.45, 7) is 14.5. The molecule has 0 radical (unpaired) electrons. The summed E-state index contributed by atoms with van der Waals surface area (Å²) in [7, 11) is 0. The molecule has 4 rings (SSSR count). The molecular weight excluding hydrogens is 408 g/mol. The topological polar surface area (TPSA) is 140 Å². The van der Waals surface area contributed by atoms with Gasteiger partial charge in [0.25, 0.3) is 0 Å². The molecule has 0 spiro atoms. The van der Waals surface area contributed by atoms with Crippen LogP contribution < -0.4 is 0 Å². The minimum Gasteiger partial charge on any atom is -0.453 e. The zero-order valence-corrected chi connectivity index (χ0v) is 17.9. The Morgan fingerprint density at radius 2 is 1.29 bits per heavy atom. The van der Waals surface area contributed by atoms with Crippen molar-refractivity contribution in [2.45, 2.75) is 75.1 Å². The molecule has 9 nitrogen and oxygen atoms in total. The minimum absolute atomic E-state index is 0.00294. The van der Waals surface area contributed by atoms with E-state index in [2.05, 4.69) is 19.7 Å². The summed E-state index contributed by atoms with van der Waals surface area (Å²) in [6.07, 6.45) is -2.20. The van der Waals surface area contributed by atoms with Gasteiger partial charge in [0.05, 0.1) is 0 Å². The summed E-state index contributed by atoms with van der Waals surface area (Å²) in [5.41, 5.74) is -6.60. The zero-order valence-electron chi connectivity index (χ0n) is 17.9. The normalized spacial score (nSPS) is 37.0. The largest absolute Gasteiger partial charge is 0.453 e. The Kier molecular flexibility index (Phi) is 5.24. The number of esters is 3. The number of hydrogen-bond donors (Lipinski definition) is 3. The number of hydrogen-bond acceptors (Lipinski definition) is 9. The smallest absolute Gasteiger partial charge is 0.336 e. The zero-order chi connectivity index (χ0) is 23.6. The van der Waals surface area contributed by atoms with Crippen LogP contribution in [0.4, 0.5) is 0 Å². The fourth-order valence-electron chi connectivity index (χ4n) is 5.23. The third kappa shape index (κ3) is 3.22. The summed E-state index contributed by atoms with van der Waals surface area (Å²) in [4.78, 5) is 37.4. The molecule has 0 aromatic carbocycles. The maximum atomic E-state index is 12.6. The molecule has 0 heterocycles. The lowest BCUT2D eigenvalue weighted by atomic mass is 9.46. The van der Waals surface area contributed by atoms with Gasteiger partial charge in [-0.15, -0.1) is 0 Å². The van der Waals surface area contributed by atoms with Crippen molar-refractivity contribution in [2.24, 2.45) is 5.92 Å². The van der Waals surface area contributed by atoms with Gasteiger partial charge in [0.15, 0.2) is 11.7 Å². The second kappa shape index (κ2) is 7.01. The Bertz CT molecular complexity index is 877. The fraction of sp³-hybridized carbons (Fsp3) is 0.591. The number of aliphatic hydroxyl groups is 3. The predicted molar refractivity (Wildman–Crippen MR) is 106 cm³/mol. The predicted octanol–water partition coefficient (Wildman–Crippen LogP) is 0.820. The van der Waals surface area contributed by atoms with Crippen LogP contribution in [-0.4, -0.2) is 61.9 Å². The highest BCUT2D eigenvalue weighted by Gasteiger charge is 2.85. The molecule has 0 saturated heterocycles. The highest BCUT2D eigenvalue weighted by molar-refractivity contribution is 5.90. The first kappa shape index (κ1) is 23.2. The van der Waals surface area contributed by atoms with Crippen molar-refractivity contribution in [1.82, 2.24) is 0 Å². The van der Waals surface area contributed by atoms with Gasteiger partial charge in [-0.05, 0) is 46.0 Å². The maximum Gasteiger partial charge on any atom is 0.336 e. The lowest BCUT2D eigenvalue weighted by Crippen LogP contribution is -2.88. The number of ether oxygens (including phenoxy) is 3. The van der Waals surface area contributed by atoms with E-state index in [1.54, 1.807) is 0 Å². The second-order valence-corrected chi connectivity index (χ2v) is 9.24. The van der Waals surface area contributed by atoms with Crippen molar-refractivity contribution in [3.63, 3.8) is 0 Å². The van der Waals surface area contributed by atoms with Crippen LogP contribution in [0.25, 0.3) is 0 Å². The molecule has 4 aliphatic carbocycles. The highest BCUT2D eigenvalue weighted by atomic mass is 16.8. The Morgan fingerprint density at radius 1 is 0.806 bits per heavy atom. The van der Waals surface area contributed by atoms with Crippen LogP contribution in [0.3, 0.4) is 0 Å². The van der Waals surface area contributed by atoms with Crippen molar-refractivity contribution in [3.8, 4) is 0 Å². The lowest BCUT2D eigenvalue weighted by molar-refractivity contribution is -0.445. The van der Waals surface area contributed by atoms with Crippen molar-refractivity contribution in [1.29, 1.82) is 0 Å². The molecule has 5 unspecified atom stereocenters. The van der Waals surface area contributed by atoms with Gasteiger partial charge in [-0.3, -0.25) is 0 Å². The van der Waals surface area contributed by atoms with E-state index in [9.17, 15) is 29.7 Å². The van der Waals surface area contributed by atoms with Gasteiger partial charge in [-0.2, -0.15) is 0 Å². The van der Waals surface area contributed by atoms with Crippen LogP contribution in [0.1, 0.15) is 46.5 Å². The summed E-state index contributed by atoms with van der Waals surface area (Å²) in [5, 5.41) is 34.7. The Balaban J connectivity index is 2.22. The molecule has 0 amide bonds. The quantitative estimate of drug-likeness (QED) is 0.314. The van der Waals surface area contributed by atoms with E-state index in [1.165, 1.54) is 20.8 Å². The van der Waals surface area contributed by atoms with Crippen molar-refractivity contribution in [3.05, 3.63) is 36.5 Å². The number of carbonyl (C=O) groups excluding carboxylic acids is 3. The maximum absolute atomic E-state index is 12.6. The Labute approximate surface area is 180 Å². The summed E-state index contributed by atoms with van der Waals surface area (Å²) in [6, 6.07) is 0. The molecule has 4 aliphatic rings. The second-order valence-electron chi connectivity index (χ2n) is 9.24. The lowest BCUT2D eigenvalue weighted by Gasteiger charge is -2.69. The third-order valence-corrected chi connectivity index (χ3v) is 6.31. The van der Waals surface area contributed by atoms with E-state index < -0.39 is 58.9 Å². The molecule has 31 heavy (non-hydrogen) atoms. The van der Waals surface area contributed by atoms with Crippen LogP contribution in [0, 0.1) is 5.92 Å². The van der Waals surface area contributed by atoms with E-state index in [0.29, 0.717) is 0 Å². The SMILES string of the molecule is C=C(C)C(=O)OC1C2(O)CC3CC(O)(C2)C(OC(=O)C(=C)C)(OC(=O)C(=C)C)C1(O)C3. The first-order valence-corrected chi connectivity index (χ1v) is 9.92. The van der Waals surface area contributed by atoms with Crippen LogP contribution >= 0.6 is 0 Å². The molecule has 0 aliphatic heterocycles. The summed E-state index contributed by atoms with van der Waals surface area (Å²) in [5.74, 6) is -6.07. The van der Waals surface area contributed by atoms with Crippen molar-refractivity contribution >= 4 is 17.9 Å². The molecular formula is C22H28O9. The average molecular weight is 436 g/mol. The molecule has 4 bridgehead atoms. The van der Waals surface area contributed by atoms with Crippen LogP contribution in [0.5, 0.6) is 0 Å². The van der Waals surface area contributed by atoms with Gasteiger partial charge in [0.2, 0.25) is 0 Å². The van der Waals surface area contributed by atoms with Gasteiger partial charge < -0.3 is 29.5 Å². The first-order valence-electron chi connectivity index (χ1n) is 9.92. The van der Waals surface area contributed by atoms with Crippen LogP contribution in [0.2, 0.25) is 0 Å². The molecule has 170 valence electrons. The highest BCUT2D eigenvalue weighted by Crippen LogP contribution is 2.66. The van der Waals surface area contributed by atoms with Gasteiger partial charge in [-0.1, -0.05) is 19.7 Å². The molecule has 5 atom stereocenters. The van der Waals surface area contributed by atoms with Crippen LogP contribution in [0.15, 0.2) is 36.5 Å². The van der Waals surface area contributed by atoms with E-state index in [0.717, 1.165) is 0 Å². The van der Waals surface area contributed by atoms with Gasteiger partial charge in [0, 0.05) is 23.1 Å². The Hall–Kier alpha value is -2.49. The molecule has 0 aromatic heterocycles. The van der Waals surface area contributed by atoms with Crippen molar-refractivity contribution in [2.75, 3.05) is 0 Å². The average Bonchev–Trinajstić information content (AvgIpc) is 2.61. The molecule has 0 aromatic rings. The standard InChI is InChI=1S/C22H28O9/c1-11(2)15(23)29-18-19(26)7-14-8-20(27,10-19)22(21(18,28)9-14,30-16(24)12(3)4)31-17(25)13(5)6/h14,18,26-28H,1,3,5,7-10H2,2,4,6H3. The van der Waals surface area contributed by atoms with E-state index in [-0.39, 0.29) is 36.0 Å². The molecule has 4 fully saturated rings. The molecule has 3 N–H and O–H groups in total. The monoisotopic (exact) mass is 436 g/mol. The van der Waals surface area contributed by atoms with Crippen LogP contribution in [-0.2, 0) is 28.6 Å². The fourth-order valence-corrected chi connectivity index (χ4v) is 5.23. The molecule has 9 heteroatoms. The van der Waals surface area contributed by atoms with E-state index >= 15 is 0 Å². The first-order chi connectivity index (χ1) is 14.1. The Morgan fingerprint density at radius 3 is 1.74 bits per heavy atom. The van der Waals surface area contributed by atoms with Crippen molar-refractivity contribution < 1.29 is 43.9 Å². The van der Waals surface area contributed by atoms with E-state index in [4.69, 9.17) is 14.2 Å². The molecule has 4 saturated carbocycles. The number of carbonyl (C=O) groups is 3. The van der Waals surface area contributed by atoms with Gasteiger partial charge in [-0.25, -0.2) is 14.4 Å². The van der Waals surface area contributed by atoms with E-state index in [1.807, 2.05) is 0 Å². The van der Waals surface area contributed by atoms with Gasteiger partial charge >= 0.3 is 23.7 Å². The van der Waals surface area contributed by atoms with Gasteiger partial charge in [0.1, 0.15) is 11.2 Å². The summed E-state index contributed by atoms with van der Waals surface area (Å²) >= 11 is 0. The third-order valence-electron chi connectivity index (χ3n) is 6.31.